The van der Waals surface area contributed by atoms with Gasteiger partial charge in [0, 0.05) is 12.1 Å². The predicted molar refractivity (Wildman–Crippen MR) is 102 cm³/mol. The van der Waals surface area contributed by atoms with Crippen LogP contribution in [0.15, 0.2) is 48.5 Å². The van der Waals surface area contributed by atoms with Crippen molar-refractivity contribution < 1.29 is 4.74 Å². The van der Waals surface area contributed by atoms with Crippen LogP contribution in [0.5, 0.6) is 5.75 Å². The number of unbranched alkanes of at least 4 members (excludes halogenated alkanes) is 4. The summed E-state index contributed by atoms with van der Waals surface area (Å²) in [7, 11) is 0. The molecule has 0 spiro atoms. The van der Waals surface area contributed by atoms with Crippen molar-refractivity contribution in [1.82, 2.24) is 5.32 Å². The highest BCUT2D eigenvalue weighted by Gasteiger charge is 2.04. The number of para-hydroxylation sites is 1. The molecule has 2 nitrogen and oxygen atoms in total. The Balaban J connectivity index is 1.78. The SMILES string of the molecule is CCCCCCCNCc1ccccc1OCc1ccccc1C. The maximum atomic E-state index is 6.07. The highest BCUT2D eigenvalue weighted by Crippen LogP contribution is 2.20. The molecule has 0 amide bonds. The van der Waals surface area contributed by atoms with Gasteiger partial charge in [0.1, 0.15) is 12.4 Å². The summed E-state index contributed by atoms with van der Waals surface area (Å²) in [5.74, 6) is 0.985. The minimum Gasteiger partial charge on any atom is -0.489 e. The molecule has 0 aliphatic heterocycles. The Labute approximate surface area is 147 Å². The van der Waals surface area contributed by atoms with Crippen molar-refractivity contribution in [3.63, 3.8) is 0 Å². The third-order valence-electron chi connectivity index (χ3n) is 4.39. The largest absolute Gasteiger partial charge is 0.489 e. The summed E-state index contributed by atoms with van der Waals surface area (Å²) in [6.45, 7) is 6.96. The van der Waals surface area contributed by atoms with E-state index in [1.165, 1.54) is 48.8 Å². The van der Waals surface area contributed by atoms with E-state index < -0.39 is 0 Å². The van der Waals surface area contributed by atoms with Crippen LogP contribution in [-0.4, -0.2) is 6.54 Å². The molecule has 0 bridgehead atoms. The molecule has 130 valence electrons. The van der Waals surface area contributed by atoms with E-state index in [4.69, 9.17) is 4.74 Å². The number of aryl methyl sites for hydroxylation is 1. The van der Waals surface area contributed by atoms with Crippen LogP contribution in [0.4, 0.5) is 0 Å². The highest BCUT2D eigenvalue weighted by atomic mass is 16.5. The average molecular weight is 325 g/mol. The summed E-state index contributed by atoms with van der Waals surface area (Å²) in [5.41, 5.74) is 3.76. The molecule has 2 rings (SSSR count). The first-order chi connectivity index (χ1) is 11.8. The number of nitrogens with one attached hydrogen (secondary N) is 1. The lowest BCUT2D eigenvalue weighted by Crippen LogP contribution is -2.15. The fourth-order valence-electron chi connectivity index (χ4n) is 2.79. The molecular formula is C22H31NO. The molecule has 0 atom stereocenters. The minimum absolute atomic E-state index is 0.626. The first-order valence-electron chi connectivity index (χ1n) is 9.27. The molecule has 0 aliphatic rings. The number of rotatable bonds is 11. The van der Waals surface area contributed by atoms with E-state index in [-0.39, 0.29) is 0 Å². The molecule has 0 saturated heterocycles. The second kappa shape index (κ2) is 10.9. The lowest BCUT2D eigenvalue weighted by Gasteiger charge is -2.13. The zero-order valence-electron chi connectivity index (χ0n) is 15.2. The Morgan fingerprint density at radius 1 is 0.833 bits per heavy atom. The van der Waals surface area contributed by atoms with Gasteiger partial charge >= 0.3 is 0 Å². The van der Waals surface area contributed by atoms with E-state index >= 15 is 0 Å². The van der Waals surface area contributed by atoms with Crippen LogP contribution in [0.1, 0.15) is 55.7 Å². The van der Waals surface area contributed by atoms with Crippen LogP contribution in [0.3, 0.4) is 0 Å². The summed E-state index contributed by atoms with van der Waals surface area (Å²) in [5, 5.41) is 3.55. The van der Waals surface area contributed by atoms with Crippen molar-refractivity contribution in [1.29, 1.82) is 0 Å². The van der Waals surface area contributed by atoms with Gasteiger partial charge in [0.2, 0.25) is 0 Å². The Bertz CT molecular complexity index is 594. The third-order valence-corrected chi connectivity index (χ3v) is 4.39. The molecule has 0 saturated carbocycles. The van der Waals surface area contributed by atoms with Gasteiger partial charge in [0.05, 0.1) is 0 Å². The predicted octanol–water partition coefficient (Wildman–Crippen LogP) is 5.63. The van der Waals surface area contributed by atoms with Crippen molar-refractivity contribution in [3.05, 3.63) is 65.2 Å². The average Bonchev–Trinajstić information content (AvgIpc) is 2.61. The summed E-state index contributed by atoms with van der Waals surface area (Å²) in [4.78, 5) is 0. The fourth-order valence-corrected chi connectivity index (χ4v) is 2.79. The van der Waals surface area contributed by atoms with Crippen molar-refractivity contribution in [3.8, 4) is 5.75 Å². The van der Waals surface area contributed by atoms with Gasteiger partial charge in [-0.3, -0.25) is 0 Å². The smallest absolute Gasteiger partial charge is 0.124 e. The number of benzene rings is 2. The quantitative estimate of drug-likeness (QED) is 0.540. The van der Waals surface area contributed by atoms with E-state index in [2.05, 4.69) is 61.6 Å². The van der Waals surface area contributed by atoms with Crippen LogP contribution in [-0.2, 0) is 13.2 Å². The molecule has 24 heavy (non-hydrogen) atoms. The van der Waals surface area contributed by atoms with Crippen LogP contribution < -0.4 is 10.1 Å². The third kappa shape index (κ3) is 6.37. The first-order valence-corrected chi connectivity index (χ1v) is 9.27. The summed E-state index contributed by atoms with van der Waals surface area (Å²) >= 11 is 0. The maximum absolute atomic E-state index is 6.07. The molecule has 0 fully saturated rings. The molecule has 0 radical (unpaired) electrons. The molecule has 0 unspecified atom stereocenters. The minimum atomic E-state index is 0.626. The van der Waals surface area contributed by atoms with Crippen LogP contribution >= 0.6 is 0 Å². The van der Waals surface area contributed by atoms with Gasteiger partial charge in [0.25, 0.3) is 0 Å². The Morgan fingerprint density at radius 3 is 2.33 bits per heavy atom. The van der Waals surface area contributed by atoms with E-state index in [1.54, 1.807) is 0 Å². The zero-order chi connectivity index (χ0) is 17.0. The van der Waals surface area contributed by atoms with Crippen LogP contribution in [0.25, 0.3) is 0 Å². The summed E-state index contributed by atoms with van der Waals surface area (Å²) in [6, 6.07) is 16.7. The zero-order valence-corrected chi connectivity index (χ0v) is 15.2. The monoisotopic (exact) mass is 325 g/mol. The maximum Gasteiger partial charge on any atom is 0.124 e. The molecule has 2 heteroatoms. The van der Waals surface area contributed by atoms with Crippen molar-refractivity contribution in [2.45, 2.75) is 59.1 Å². The number of ether oxygens (including phenoxy) is 1. The van der Waals surface area contributed by atoms with E-state index in [9.17, 15) is 0 Å². The van der Waals surface area contributed by atoms with Gasteiger partial charge in [-0.15, -0.1) is 0 Å². The fraction of sp³-hybridized carbons (Fsp3) is 0.455. The second-order valence-corrected chi connectivity index (χ2v) is 6.41. The van der Waals surface area contributed by atoms with Crippen molar-refractivity contribution in [2.75, 3.05) is 6.54 Å². The van der Waals surface area contributed by atoms with Gasteiger partial charge in [-0.05, 0) is 37.1 Å². The standard InChI is InChI=1S/C22H31NO/c1-3-4-5-6-11-16-23-17-20-13-9-10-15-22(20)24-18-21-14-8-7-12-19(21)2/h7-10,12-15,23H,3-6,11,16-18H2,1-2H3. The van der Waals surface area contributed by atoms with Crippen LogP contribution in [0.2, 0.25) is 0 Å². The van der Waals surface area contributed by atoms with Gasteiger partial charge in [-0.1, -0.05) is 75.1 Å². The lowest BCUT2D eigenvalue weighted by molar-refractivity contribution is 0.301. The summed E-state index contributed by atoms with van der Waals surface area (Å²) < 4.78 is 6.07. The Hall–Kier alpha value is -1.80. The molecule has 0 heterocycles. The molecule has 0 aromatic heterocycles. The normalized spacial score (nSPS) is 10.8. The Kier molecular flexibility index (Phi) is 8.40. The lowest BCUT2D eigenvalue weighted by atomic mass is 10.1. The van der Waals surface area contributed by atoms with Crippen LogP contribution in [0, 0.1) is 6.92 Å². The van der Waals surface area contributed by atoms with Gasteiger partial charge in [0.15, 0.2) is 0 Å². The first kappa shape index (κ1) is 18.5. The van der Waals surface area contributed by atoms with Crippen molar-refractivity contribution >= 4 is 0 Å². The molecule has 1 N–H and O–H groups in total. The highest BCUT2D eigenvalue weighted by molar-refractivity contribution is 5.34. The molecular weight excluding hydrogens is 294 g/mol. The topological polar surface area (TPSA) is 21.3 Å². The van der Waals surface area contributed by atoms with E-state index in [1.807, 2.05) is 6.07 Å². The summed E-state index contributed by atoms with van der Waals surface area (Å²) in [6.07, 6.45) is 6.60. The molecule has 2 aromatic carbocycles. The number of hydrogen-bond acceptors (Lipinski definition) is 2. The van der Waals surface area contributed by atoms with Gasteiger partial charge in [-0.2, -0.15) is 0 Å². The van der Waals surface area contributed by atoms with Gasteiger partial charge < -0.3 is 10.1 Å². The van der Waals surface area contributed by atoms with E-state index in [0.29, 0.717) is 6.61 Å². The molecule has 0 aliphatic carbocycles. The Morgan fingerprint density at radius 2 is 1.54 bits per heavy atom. The second-order valence-electron chi connectivity index (χ2n) is 6.41. The van der Waals surface area contributed by atoms with Gasteiger partial charge in [-0.25, -0.2) is 0 Å². The van der Waals surface area contributed by atoms with Crippen molar-refractivity contribution in [2.24, 2.45) is 0 Å². The van der Waals surface area contributed by atoms with E-state index in [0.717, 1.165) is 18.8 Å². The number of hydrogen-bond donors (Lipinski definition) is 1. The molecule has 2 aromatic rings.